The molecule has 4 N–H and O–H groups in total. The molecule has 0 aliphatic carbocycles. The molecule has 0 unspecified atom stereocenters. The van der Waals surface area contributed by atoms with Crippen LogP contribution in [0.2, 0.25) is 0 Å². The molecule has 0 atom stereocenters. The highest BCUT2D eigenvalue weighted by Gasteiger charge is 2.23. The van der Waals surface area contributed by atoms with Crippen molar-refractivity contribution in [2.24, 2.45) is 5.73 Å². The zero-order chi connectivity index (χ0) is 12.0. The summed E-state index contributed by atoms with van der Waals surface area (Å²) in [5.41, 5.74) is 5.19. The number of amides is 2. The Morgan fingerprint density at radius 2 is 2.00 bits per heavy atom. The third-order valence-corrected chi connectivity index (χ3v) is 2.81. The van der Waals surface area contributed by atoms with Crippen LogP contribution in [-0.4, -0.2) is 56.0 Å². The Morgan fingerprint density at radius 3 is 2.50 bits per heavy atom. The first-order valence-electron chi connectivity index (χ1n) is 5.57. The van der Waals surface area contributed by atoms with Gasteiger partial charge in [0.1, 0.15) is 0 Å². The molecule has 0 saturated carbocycles. The minimum absolute atomic E-state index is 0.0835. The summed E-state index contributed by atoms with van der Waals surface area (Å²) in [4.78, 5) is 24.1. The van der Waals surface area contributed by atoms with Gasteiger partial charge in [0.25, 0.3) is 0 Å². The summed E-state index contributed by atoms with van der Waals surface area (Å²) in [5.74, 6) is -0.470. The number of piperidine rings is 1. The van der Waals surface area contributed by atoms with E-state index in [-0.39, 0.29) is 30.9 Å². The van der Waals surface area contributed by atoms with Crippen molar-refractivity contribution in [1.82, 2.24) is 15.5 Å². The molecule has 1 rings (SSSR count). The number of nitrogens with two attached hydrogens (primary N) is 1. The number of likely N-dealkylation sites (N-methyl/N-ethyl adjacent to an activating group) is 1. The summed E-state index contributed by atoms with van der Waals surface area (Å²) in [7, 11) is 1.59. The highest BCUT2D eigenvalue weighted by molar-refractivity contribution is 5.80. The second kappa shape index (κ2) is 6.44. The lowest BCUT2D eigenvalue weighted by Gasteiger charge is -2.33. The molecule has 0 bridgehead atoms. The monoisotopic (exact) mass is 228 g/mol. The Kier molecular flexibility index (Phi) is 5.21. The lowest BCUT2D eigenvalue weighted by atomic mass is 10.0. The zero-order valence-corrected chi connectivity index (χ0v) is 9.66. The third-order valence-electron chi connectivity index (χ3n) is 2.81. The van der Waals surface area contributed by atoms with Crippen LogP contribution in [0.25, 0.3) is 0 Å². The van der Waals surface area contributed by atoms with E-state index in [2.05, 4.69) is 10.6 Å². The van der Waals surface area contributed by atoms with E-state index in [1.807, 2.05) is 4.90 Å². The van der Waals surface area contributed by atoms with E-state index >= 15 is 0 Å². The van der Waals surface area contributed by atoms with Crippen molar-refractivity contribution in [2.45, 2.75) is 18.9 Å². The number of hydrogen-bond acceptors (Lipinski definition) is 4. The van der Waals surface area contributed by atoms with Crippen LogP contribution >= 0.6 is 0 Å². The quantitative estimate of drug-likeness (QED) is 0.522. The van der Waals surface area contributed by atoms with Gasteiger partial charge in [-0.2, -0.15) is 0 Å². The molecule has 1 heterocycles. The Hall–Kier alpha value is -1.14. The number of rotatable bonds is 5. The molecule has 0 spiro atoms. The summed E-state index contributed by atoms with van der Waals surface area (Å²) < 4.78 is 0. The molecular weight excluding hydrogens is 208 g/mol. The SMILES string of the molecule is CNC(=O)CN(CC(N)=O)C1CCNCC1. The Morgan fingerprint density at radius 1 is 1.38 bits per heavy atom. The average molecular weight is 228 g/mol. The summed E-state index contributed by atoms with van der Waals surface area (Å²) in [6, 6.07) is 0.269. The second-order valence-electron chi connectivity index (χ2n) is 4.03. The van der Waals surface area contributed by atoms with Gasteiger partial charge in [0, 0.05) is 13.1 Å². The fourth-order valence-electron chi connectivity index (χ4n) is 1.95. The lowest BCUT2D eigenvalue weighted by Crippen LogP contribution is -2.49. The van der Waals surface area contributed by atoms with E-state index < -0.39 is 0 Å². The summed E-state index contributed by atoms with van der Waals surface area (Å²) in [6.07, 6.45) is 1.90. The van der Waals surface area contributed by atoms with Crippen molar-refractivity contribution in [3.05, 3.63) is 0 Å². The normalized spacial score (nSPS) is 17.4. The van der Waals surface area contributed by atoms with Crippen molar-refractivity contribution < 1.29 is 9.59 Å². The maximum absolute atomic E-state index is 11.3. The van der Waals surface area contributed by atoms with Gasteiger partial charge in [0.05, 0.1) is 13.1 Å². The minimum atomic E-state index is -0.387. The first-order chi connectivity index (χ1) is 7.63. The first-order valence-corrected chi connectivity index (χ1v) is 5.57. The molecule has 0 aromatic carbocycles. The van der Waals surface area contributed by atoms with Crippen LogP contribution in [0.1, 0.15) is 12.8 Å². The van der Waals surface area contributed by atoms with E-state index in [1.54, 1.807) is 7.05 Å². The molecule has 2 amide bonds. The van der Waals surface area contributed by atoms with E-state index in [9.17, 15) is 9.59 Å². The van der Waals surface area contributed by atoms with Gasteiger partial charge in [0.15, 0.2) is 0 Å². The van der Waals surface area contributed by atoms with Crippen molar-refractivity contribution in [3.8, 4) is 0 Å². The predicted molar refractivity (Wildman–Crippen MR) is 60.7 cm³/mol. The number of nitrogens with zero attached hydrogens (tertiary/aromatic N) is 1. The first kappa shape index (κ1) is 12.9. The Bertz CT molecular complexity index is 251. The van der Waals surface area contributed by atoms with E-state index in [0.717, 1.165) is 25.9 Å². The fourth-order valence-corrected chi connectivity index (χ4v) is 1.95. The number of hydrogen-bond donors (Lipinski definition) is 3. The van der Waals surface area contributed by atoms with Crippen molar-refractivity contribution in [2.75, 3.05) is 33.2 Å². The molecular formula is C10H20N4O2. The van der Waals surface area contributed by atoms with Crippen LogP contribution in [0.4, 0.5) is 0 Å². The summed E-state index contributed by atoms with van der Waals surface area (Å²) in [5, 5.41) is 5.81. The van der Waals surface area contributed by atoms with Crippen molar-refractivity contribution in [1.29, 1.82) is 0 Å². The third kappa shape index (κ3) is 4.16. The van der Waals surface area contributed by atoms with Crippen LogP contribution in [0, 0.1) is 0 Å². The van der Waals surface area contributed by atoms with Crippen LogP contribution < -0.4 is 16.4 Å². The molecule has 6 heteroatoms. The van der Waals surface area contributed by atoms with Gasteiger partial charge in [-0.15, -0.1) is 0 Å². The van der Waals surface area contributed by atoms with E-state index in [1.165, 1.54) is 0 Å². The van der Waals surface area contributed by atoms with E-state index in [4.69, 9.17) is 5.73 Å². The number of primary amides is 1. The van der Waals surface area contributed by atoms with Gasteiger partial charge in [-0.1, -0.05) is 0 Å². The molecule has 0 aromatic rings. The number of carbonyl (C=O) groups is 2. The van der Waals surface area contributed by atoms with Crippen molar-refractivity contribution >= 4 is 11.8 Å². The minimum Gasteiger partial charge on any atom is -0.369 e. The van der Waals surface area contributed by atoms with Crippen LogP contribution in [0.15, 0.2) is 0 Å². The average Bonchev–Trinajstić information content (AvgIpc) is 2.28. The molecule has 6 nitrogen and oxygen atoms in total. The lowest BCUT2D eigenvalue weighted by molar-refractivity contribution is -0.124. The second-order valence-corrected chi connectivity index (χ2v) is 4.03. The molecule has 1 fully saturated rings. The smallest absolute Gasteiger partial charge is 0.233 e. The number of nitrogens with one attached hydrogen (secondary N) is 2. The Balaban J connectivity index is 2.53. The van der Waals surface area contributed by atoms with Gasteiger partial charge in [-0.25, -0.2) is 0 Å². The highest BCUT2D eigenvalue weighted by atomic mass is 16.2. The standard InChI is InChI=1S/C10H20N4O2/c1-12-10(16)7-14(6-9(11)15)8-2-4-13-5-3-8/h8,13H,2-7H2,1H3,(H2,11,15)(H,12,16). The molecule has 1 saturated heterocycles. The van der Waals surface area contributed by atoms with Gasteiger partial charge >= 0.3 is 0 Å². The molecule has 16 heavy (non-hydrogen) atoms. The largest absolute Gasteiger partial charge is 0.369 e. The van der Waals surface area contributed by atoms with Gasteiger partial charge < -0.3 is 16.4 Å². The zero-order valence-electron chi connectivity index (χ0n) is 9.66. The van der Waals surface area contributed by atoms with Crippen LogP contribution in [-0.2, 0) is 9.59 Å². The maximum Gasteiger partial charge on any atom is 0.233 e. The highest BCUT2D eigenvalue weighted by Crippen LogP contribution is 2.10. The number of carbonyl (C=O) groups excluding carboxylic acids is 2. The topological polar surface area (TPSA) is 87.5 Å². The summed E-state index contributed by atoms with van der Waals surface area (Å²) in [6.45, 7) is 2.24. The van der Waals surface area contributed by atoms with Gasteiger partial charge in [-0.05, 0) is 25.9 Å². The molecule has 0 aromatic heterocycles. The molecule has 1 aliphatic rings. The van der Waals surface area contributed by atoms with Gasteiger partial charge in [0.2, 0.25) is 11.8 Å². The maximum atomic E-state index is 11.3. The van der Waals surface area contributed by atoms with Crippen LogP contribution in [0.3, 0.4) is 0 Å². The van der Waals surface area contributed by atoms with Gasteiger partial charge in [-0.3, -0.25) is 14.5 Å². The molecule has 0 radical (unpaired) electrons. The van der Waals surface area contributed by atoms with Crippen molar-refractivity contribution in [3.63, 3.8) is 0 Å². The van der Waals surface area contributed by atoms with E-state index in [0.29, 0.717) is 0 Å². The fraction of sp³-hybridized carbons (Fsp3) is 0.800. The Labute approximate surface area is 95.5 Å². The molecule has 92 valence electrons. The molecule has 1 aliphatic heterocycles. The van der Waals surface area contributed by atoms with Crippen LogP contribution in [0.5, 0.6) is 0 Å². The predicted octanol–water partition coefficient (Wildman–Crippen LogP) is -1.73. The summed E-state index contributed by atoms with van der Waals surface area (Å²) >= 11 is 0.